The van der Waals surface area contributed by atoms with E-state index in [1.807, 2.05) is 34.4 Å². The van der Waals surface area contributed by atoms with E-state index in [4.69, 9.17) is 0 Å². The molecular weight excluding hydrogens is 680 g/mol. The van der Waals surface area contributed by atoms with Crippen molar-refractivity contribution in [1.29, 1.82) is 0 Å². The van der Waals surface area contributed by atoms with Crippen LogP contribution < -0.4 is 0 Å². The highest BCUT2D eigenvalue weighted by Gasteiger charge is 2.83. The predicted molar refractivity (Wildman–Crippen MR) is 143 cm³/mol. The molecule has 42 heavy (non-hydrogen) atoms. The Kier molecular flexibility index (Phi) is 10.5. The zero-order chi connectivity index (χ0) is 31.6. The Morgan fingerprint density at radius 1 is 0.667 bits per heavy atom. The molecule has 228 valence electrons. The first-order valence-corrected chi connectivity index (χ1v) is 16.2. The van der Waals surface area contributed by atoms with Gasteiger partial charge in [-0.25, -0.2) is 8.42 Å². The number of thiophene rings is 2. The zero-order valence-corrected chi connectivity index (χ0v) is 24.8. The van der Waals surface area contributed by atoms with Gasteiger partial charge in [-0.05, 0) is 49.4 Å². The molecular formula is C25H17F9O3S5. The number of halogens is 9. The van der Waals surface area contributed by atoms with Crippen LogP contribution in [0, 0.1) is 6.92 Å². The quantitative estimate of drug-likeness (QED) is 0.105. The number of hydrogen-bond acceptors (Lipinski definition) is 6. The Morgan fingerprint density at radius 3 is 1.52 bits per heavy atom. The van der Waals surface area contributed by atoms with E-state index in [1.165, 1.54) is 27.3 Å². The lowest BCUT2D eigenvalue weighted by molar-refractivity contribution is -0.382. The molecule has 0 fully saturated rings. The van der Waals surface area contributed by atoms with Crippen LogP contribution in [-0.4, -0.2) is 36.2 Å². The molecule has 17 heteroatoms. The molecule has 0 unspecified atom stereocenters. The van der Waals surface area contributed by atoms with Crippen molar-refractivity contribution in [2.24, 2.45) is 0 Å². The van der Waals surface area contributed by atoms with Gasteiger partial charge in [0.05, 0.1) is 8.42 Å². The molecule has 2 aromatic heterocycles. The molecule has 0 saturated heterocycles. The second kappa shape index (κ2) is 12.8. The fraction of sp³-hybridized carbons (Fsp3) is 0.200. The Labute approximate surface area is 249 Å². The molecule has 0 aliphatic rings. The predicted octanol–water partition coefficient (Wildman–Crippen LogP) is 9.32. The van der Waals surface area contributed by atoms with Crippen LogP contribution in [0.15, 0.2) is 107 Å². The van der Waals surface area contributed by atoms with Gasteiger partial charge < -0.3 is 4.55 Å². The summed E-state index contributed by atoms with van der Waals surface area (Å²) in [6.07, 6.45) is -7.16. The standard InChI is InChI=1S/C21H17S4.C4HF9O3S/c1-16-12-13-19(22-16)23-20-14-15-21(24-20)25(17-8-4-2-5-9-17)18-10-6-3-7-11-18;5-1(6,3(9,10)11)2(7,8)4(12,13)17(14,15)16/h2-15H,1H3;(H,14,15,16)/q+1;/p-1. The Hall–Kier alpha value is -2.18. The average Bonchev–Trinajstić information content (AvgIpc) is 3.53. The van der Waals surface area contributed by atoms with Crippen LogP contribution in [0.3, 0.4) is 0 Å². The summed E-state index contributed by atoms with van der Waals surface area (Å²) in [6, 6.07) is 30.7. The third-order valence-corrected chi connectivity index (χ3v) is 11.9. The van der Waals surface area contributed by atoms with E-state index in [-0.39, 0.29) is 10.9 Å². The van der Waals surface area contributed by atoms with Crippen LogP contribution >= 0.6 is 34.4 Å². The summed E-state index contributed by atoms with van der Waals surface area (Å²) < 4.78 is 140. The fourth-order valence-corrected chi connectivity index (χ4v) is 9.84. The Bertz CT molecular complexity index is 1530. The second-order valence-corrected chi connectivity index (χ2v) is 15.7. The Balaban J connectivity index is 0.000000252. The molecule has 3 nitrogen and oxygen atoms in total. The van der Waals surface area contributed by atoms with Crippen molar-refractivity contribution in [2.45, 2.75) is 52.6 Å². The van der Waals surface area contributed by atoms with Crippen LogP contribution in [-0.2, 0) is 21.0 Å². The van der Waals surface area contributed by atoms with Crippen molar-refractivity contribution in [3.05, 3.63) is 89.8 Å². The molecule has 0 atom stereocenters. The molecule has 0 saturated carbocycles. The maximum atomic E-state index is 12.2. The van der Waals surface area contributed by atoms with Gasteiger partial charge in [-0.1, -0.05) is 59.5 Å². The largest absolute Gasteiger partial charge is 0.743 e. The normalized spacial score (nSPS) is 13.1. The van der Waals surface area contributed by atoms with Crippen molar-refractivity contribution < 1.29 is 52.5 Å². The summed E-state index contributed by atoms with van der Waals surface area (Å²) in [5.41, 5.74) is 0. The minimum atomic E-state index is -7.43. The molecule has 2 aromatic carbocycles. The van der Waals surface area contributed by atoms with E-state index in [2.05, 4.69) is 91.9 Å². The van der Waals surface area contributed by atoms with Gasteiger partial charge in [0, 0.05) is 10.9 Å². The fourth-order valence-electron chi connectivity index (χ4n) is 3.03. The molecule has 4 rings (SSSR count). The highest BCUT2D eigenvalue weighted by Crippen LogP contribution is 2.54. The topological polar surface area (TPSA) is 57.2 Å². The molecule has 0 aliphatic carbocycles. The van der Waals surface area contributed by atoms with Crippen LogP contribution in [0.1, 0.15) is 4.88 Å². The minimum Gasteiger partial charge on any atom is -0.743 e. The SMILES string of the molecule is Cc1ccc(Sc2ccc([S+](c3ccccc3)c3ccccc3)s2)s1.O=S(=O)([O-])C(F)(F)C(F)(F)C(F)(F)C(F)(F)F. The summed E-state index contributed by atoms with van der Waals surface area (Å²) in [4.78, 5) is 4.12. The number of aryl methyl sites for hydroxylation is 1. The second-order valence-electron chi connectivity index (χ2n) is 8.09. The highest BCUT2D eigenvalue weighted by molar-refractivity contribution is 8.03. The van der Waals surface area contributed by atoms with Gasteiger partial charge in [-0.3, -0.25) is 0 Å². The highest BCUT2D eigenvalue weighted by atomic mass is 32.2. The van der Waals surface area contributed by atoms with Crippen molar-refractivity contribution in [3.8, 4) is 0 Å². The lowest BCUT2D eigenvalue weighted by Crippen LogP contribution is -2.63. The number of benzene rings is 2. The lowest BCUT2D eigenvalue weighted by atomic mass is 10.1. The van der Waals surface area contributed by atoms with Gasteiger partial charge >= 0.3 is 23.3 Å². The first-order valence-electron chi connectivity index (χ1n) is 11.1. The molecule has 2 heterocycles. The number of alkyl halides is 9. The smallest absolute Gasteiger partial charge is 0.460 e. The Morgan fingerprint density at radius 2 is 1.12 bits per heavy atom. The molecule has 0 radical (unpaired) electrons. The number of hydrogen-bond donors (Lipinski definition) is 0. The van der Waals surface area contributed by atoms with Crippen LogP contribution in [0.4, 0.5) is 39.5 Å². The van der Waals surface area contributed by atoms with Gasteiger partial charge in [0.25, 0.3) is 0 Å². The molecule has 0 aliphatic heterocycles. The first-order chi connectivity index (χ1) is 19.3. The summed E-state index contributed by atoms with van der Waals surface area (Å²) >= 11 is 5.66. The van der Waals surface area contributed by atoms with E-state index >= 15 is 0 Å². The summed E-state index contributed by atoms with van der Waals surface area (Å²) in [5, 5.41) is -7.11. The molecule has 0 bridgehead atoms. The van der Waals surface area contributed by atoms with E-state index in [9.17, 15) is 52.5 Å². The van der Waals surface area contributed by atoms with E-state index < -0.39 is 33.4 Å². The maximum Gasteiger partial charge on any atom is 0.460 e. The monoisotopic (exact) mass is 696 g/mol. The zero-order valence-electron chi connectivity index (χ0n) is 20.8. The van der Waals surface area contributed by atoms with Gasteiger partial charge in [0.1, 0.15) is 10.9 Å². The van der Waals surface area contributed by atoms with Gasteiger partial charge in [0.2, 0.25) is 4.21 Å². The van der Waals surface area contributed by atoms with Gasteiger partial charge in [-0.15, -0.1) is 11.3 Å². The van der Waals surface area contributed by atoms with Gasteiger partial charge in [-0.2, -0.15) is 39.5 Å². The number of rotatable bonds is 8. The lowest BCUT2D eigenvalue weighted by Gasteiger charge is -2.34. The first kappa shape index (κ1) is 34.3. The van der Waals surface area contributed by atoms with Crippen LogP contribution in [0.5, 0.6) is 0 Å². The van der Waals surface area contributed by atoms with E-state index in [0.29, 0.717) is 0 Å². The third-order valence-electron chi connectivity index (χ3n) is 5.06. The van der Waals surface area contributed by atoms with E-state index in [1.54, 1.807) is 0 Å². The van der Waals surface area contributed by atoms with E-state index in [0.717, 1.165) is 0 Å². The molecule has 0 spiro atoms. The minimum absolute atomic E-state index is 0.0380. The third kappa shape index (κ3) is 7.30. The van der Waals surface area contributed by atoms with Crippen LogP contribution in [0.25, 0.3) is 0 Å². The molecule has 0 amide bonds. The maximum absolute atomic E-state index is 12.2. The average molecular weight is 697 g/mol. The summed E-state index contributed by atoms with van der Waals surface area (Å²) in [7, 11) is -7.45. The van der Waals surface area contributed by atoms with Crippen molar-refractivity contribution in [3.63, 3.8) is 0 Å². The van der Waals surface area contributed by atoms with Crippen LogP contribution in [0.2, 0.25) is 0 Å². The molecule has 4 aromatic rings. The van der Waals surface area contributed by atoms with Crippen molar-refractivity contribution in [2.75, 3.05) is 0 Å². The van der Waals surface area contributed by atoms with Crippen molar-refractivity contribution >= 4 is 55.4 Å². The summed E-state index contributed by atoms with van der Waals surface area (Å²) in [5.74, 6) is -14.8. The van der Waals surface area contributed by atoms with Crippen molar-refractivity contribution in [1.82, 2.24) is 0 Å². The summed E-state index contributed by atoms with van der Waals surface area (Å²) in [6.45, 7) is 2.16. The molecule has 0 N–H and O–H groups in total. The van der Waals surface area contributed by atoms with Gasteiger partial charge in [0.15, 0.2) is 19.9 Å².